The van der Waals surface area contributed by atoms with Gasteiger partial charge in [-0.25, -0.2) is 0 Å². The van der Waals surface area contributed by atoms with Gasteiger partial charge in [0.2, 0.25) is 0 Å². The highest BCUT2D eigenvalue weighted by Gasteiger charge is 1.94. The lowest BCUT2D eigenvalue weighted by molar-refractivity contribution is -0.137. The molecule has 0 atom stereocenters. The van der Waals surface area contributed by atoms with E-state index in [2.05, 4.69) is 22.6 Å². The van der Waals surface area contributed by atoms with Gasteiger partial charge in [-0.2, -0.15) is 0 Å². The van der Waals surface area contributed by atoms with Crippen LogP contribution in [0.4, 0.5) is 0 Å². The minimum atomic E-state index is -0.757. The van der Waals surface area contributed by atoms with Crippen molar-refractivity contribution in [2.24, 2.45) is 0 Å². The maximum absolute atomic E-state index is 9.91. The van der Waals surface area contributed by atoms with Gasteiger partial charge in [0.05, 0.1) is 4.61 Å². The van der Waals surface area contributed by atoms with Crippen LogP contribution in [0.1, 0.15) is 12.8 Å². The molecule has 0 aromatic carbocycles. The largest absolute Gasteiger partial charge is 0.481 e. The third-order valence-electron chi connectivity index (χ3n) is 0.756. The number of rotatable bonds is 5. The Morgan fingerprint density at radius 1 is 1.67 bits per heavy atom. The van der Waals surface area contributed by atoms with Crippen LogP contribution in [-0.2, 0) is 9.53 Å². The predicted octanol–water partition coefficient (Wildman–Crippen LogP) is 1.26. The van der Waals surface area contributed by atoms with Crippen molar-refractivity contribution in [3.8, 4) is 0 Å². The summed E-state index contributed by atoms with van der Waals surface area (Å²) in [5.41, 5.74) is 0. The normalized spacial score (nSPS) is 9.44. The molecular weight excluding hydrogens is 235 g/mol. The van der Waals surface area contributed by atoms with Gasteiger partial charge < -0.3 is 9.84 Å². The van der Waals surface area contributed by atoms with Gasteiger partial charge in [0.15, 0.2) is 0 Å². The molecule has 0 saturated heterocycles. The quantitative estimate of drug-likeness (QED) is 0.450. The Labute approximate surface area is 67.5 Å². The Balaban J connectivity index is 2.83. The summed E-state index contributed by atoms with van der Waals surface area (Å²) >= 11 is 2.07. The number of hydrogen-bond acceptors (Lipinski definition) is 2. The minimum absolute atomic E-state index is 0.205. The molecule has 0 aromatic heterocycles. The van der Waals surface area contributed by atoms with Crippen LogP contribution in [-0.4, -0.2) is 22.3 Å². The molecule has 0 aliphatic heterocycles. The van der Waals surface area contributed by atoms with Crippen molar-refractivity contribution < 1.29 is 14.6 Å². The zero-order valence-electron chi connectivity index (χ0n) is 4.97. The van der Waals surface area contributed by atoms with E-state index in [1.165, 1.54) is 0 Å². The van der Waals surface area contributed by atoms with E-state index >= 15 is 0 Å². The second-order valence-corrected chi connectivity index (χ2v) is 2.14. The molecule has 54 valence electrons. The van der Waals surface area contributed by atoms with Crippen LogP contribution in [0.2, 0.25) is 0 Å². The van der Waals surface area contributed by atoms with E-state index in [9.17, 15) is 4.79 Å². The van der Waals surface area contributed by atoms with Crippen molar-refractivity contribution in [3.63, 3.8) is 0 Å². The monoisotopic (exact) mass is 244 g/mol. The molecule has 1 N–H and O–H groups in total. The Morgan fingerprint density at radius 2 is 2.33 bits per heavy atom. The van der Waals surface area contributed by atoms with Crippen molar-refractivity contribution in [1.82, 2.24) is 0 Å². The number of hydrogen-bond donors (Lipinski definition) is 1. The summed E-state index contributed by atoms with van der Waals surface area (Å²) in [4.78, 5) is 9.91. The molecule has 0 amide bonds. The fourth-order valence-electron chi connectivity index (χ4n) is 0.380. The lowest BCUT2D eigenvalue weighted by atomic mass is 10.3. The molecule has 0 bridgehead atoms. The van der Waals surface area contributed by atoms with Gasteiger partial charge >= 0.3 is 5.97 Å². The van der Waals surface area contributed by atoms with Crippen LogP contribution < -0.4 is 0 Å². The van der Waals surface area contributed by atoms with Crippen LogP contribution in [0.15, 0.2) is 0 Å². The highest BCUT2D eigenvalue weighted by molar-refractivity contribution is 14.1. The summed E-state index contributed by atoms with van der Waals surface area (Å²) in [6.45, 7) is 0.551. The van der Waals surface area contributed by atoms with E-state index in [-0.39, 0.29) is 6.42 Å². The Hall–Kier alpha value is 0.160. The first-order valence-electron chi connectivity index (χ1n) is 2.63. The first-order valence-corrected chi connectivity index (χ1v) is 4.15. The molecule has 0 aliphatic carbocycles. The molecule has 0 heterocycles. The molecule has 0 saturated carbocycles. The van der Waals surface area contributed by atoms with Crippen molar-refractivity contribution in [1.29, 1.82) is 0 Å². The van der Waals surface area contributed by atoms with Gasteiger partial charge in [-0.15, -0.1) is 0 Å². The average Bonchev–Trinajstić information content (AvgIpc) is 1.80. The van der Waals surface area contributed by atoms with Gasteiger partial charge in [0.25, 0.3) is 0 Å². The van der Waals surface area contributed by atoms with Crippen molar-refractivity contribution in [2.75, 3.05) is 11.2 Å². The van der Waals surface area contributed by atoms with E-state index in [1.807, 2.05) is 0 Å². The number of ether oxygens (including phenoxy) is 1. The van der Waals surface area contributed by atoms with E-state index in [4.69, 9.17) is 9.84 Å². The number of carbonyl (C=O) groups is 1. The standard InChI is InChI=1S/C5H9IO3/c6-4-9-3-1-2-5(7)8/h1-4H2,(H,7,8). The topological polar surface area (TPSA) is 46.5 Å². The SMILES string of the molecule is O=C(O)CCCOCI. The van der Waals surface area contributed by atoms with Gasteiger partial charge in [-0.3, -0.25) is 4.79 Å². The fourth-order valence-corrected chi connectivity index (χ4v) is 0.691. The molecule has 3 nitrogen and oxygen atoms in total. The van der Waals surface area contributed by atoms with E-state index < -0.39 is 5.97 Å². The van der Waals surface area contributed by atoms with E-state index in [0.29, 0.717) is 17.6 Å². The van der Waals surface area contributed by atoms with Crippen molar-refractivity contribution >= 4 is 28.6 Å². The molecule has 0 unspecified atom stereocenters. The lowest BCUT2D eigenvalue weighted by Crippen LogP contribution is -1.98. The second kappa shape index (κ2) is 6.28. The maximum Gasteiger partial charge on any atom is 0.303 e. The minimum Gasteiger partial charge on any atom is -0.481 e. The molecule has 0 aliphatic rings. The average molecular weight is 244 g/mol. The van der Waals surface area contributed by atoms with E-state index in [1.54, 1.807) is 0 Å². The molecule has 0 aromatic rings. The van der Waals surface area contributed by atoms with Gasteiger partial charge in [0, 0.05) is 13.0 Å². The highest BCUT2D eigenvalue weighted by atomic mass is 127. The molecule has 0 radical (unpaired) electrons. The van der Waals surface area contributed by atoms with Crippen molar-refractivity contribution in [2.45, 2.75) is 12.8 Å². The summed E-state index contributed by atoms with van der Waals surface area (Å²) in [5.74, 6) is -0.757. The Kier molecular flexibility index (Phi) is 6.39. The van der Waals surface area contributed by atoms with Crippen molar-refractivity contribution in [3.05, 3.63) is 0 Å². The van der Waals surface area contributed by atoms with Gasteiger partial charge in [-0.1, -0.05) is 22.6 Å². The molecule has 0 rings (SSSR count). The van der Waals surface area contributed by atoms with Gasteiger partial charge in [0.1, 0.15) is 0 Å². The summed E-state index contributed by atoms with van der Waals surface area (Å²) in [6, 6.07) is 0. The molecule has 9 heavy (non-hydrogen) atoms. The second-order valence-electron chi connectivity index (χ2n) is 1.51. The molecule has 4 heteroatoms. The number of carboxylic acids is 1. The molecular formula is C5H9IO3. The van der Waals surface area contributed by atoms with Crippen LogP contribution in [0.5, 0.6) is 0 Å². The first-order chi connectivity index (χ1) is 4.27. The number of carboxylic acid groups (broad SMARTS) is 1. The Morgan fingerprint density at radius 3 is 2.78 bits per heavy atom. The van der Waals surface area contributed by atoms with Crippen LogP contribution >= 0.6 is 22.6 Å². The molecule has 0 spiro atoms. The van der Waals surface area contributed by atoms with Crippen LogP contribution in [0.3, 0.4) is 0 Å². The number of aliphatic carboxylic acids is 1. The van der Waals surface area contributed by atoms with Crippen LogP contribution in [0, 0.1) is 0 Å². The first kappa shape index (κ1) is 9.16. The summed E-state index contributed by atoms with van der Waals surface area (Å²) in [6.07, 6.45) is 0.814. The summed E-state index contributed by atoms with van der Waals surface area (Å²) < 4.78 is 5.54. The third-order valence-corrected chi connectivity index (χ3v) is 1.20. The van der Waals surface area contributed by atoms with Crippen LogP contribution in [0.25, 0.3) is 0 Å². The predicted molar refractivity (Wildman–Crippen MR) is 41.7 cm³/mol. The summed E-state index contributed by atoms with van der Waals surface area (Å²) in [7, 11) is 0. The van der Waals surface area contributed by atoms with E-state index in [0.717, 1.165) is 0 Å². The molecule has 0 fully saturated rings. The lowest BCUT2D eigenvalue weighted by Gasteiger charge is -1.95. The Bertz CT molecular complexity index is 84.3. The maximum atomic E-state index is 9.91. The highest BCUT2D eigenvalue weighted by Crippen LogP contribution is 1.91. The number of alkyl halides is 1. The summed E-state index contributed by atoms with van der Waals surface area (Å²) in [5, 5.41) is 8.16. The van der Waals surface area contributed by atoms with Gasteiger partial charge in [-0.05, 0) is 6.42 Å². The zero-order valence-corrected chi connectivity index (χ0v) is 7.13. The number of halogens is 1. The third kappa shape index (κ3) is 8.16. The zero-order chi connectivity index (χ0) is 7.11. The smallest absolute Gasteiger partial charge is 0.303 e. The fraction of sp³-hybridized carbons (Fsp3) is 0.800.